The van der Waals surface area contributed by atoms with E-state index in [0.717, 1.165) is 6.07 Å². The topological polar surface area (TPSA) is 71.7 Å². The van der Waals surface area contributed by atoms with Gasteiger partial charge in [0.1, 0.15) is 0 Å². The molecule has 1 aromatic carbocycles. The van der Waals surface area contributed by atoms with Gasteiger partial charge in [0.05, 0.1) is 11.6 Å². The van der Waals surface area contributed by atoms with Gasteiger partial charge in [-0.25, -0.2) is 4.39 Å². The second kappa shape index (κ2) is 5.12. The van der Waals surface area contributed by atoms with Crippen LogP contribution in [0, 0.1) is 17.1 Å². The van der Waals surface area contributed by atoms with Gasteiger partial charge in [0.15, 0.2) is 11.6 Å². The monoisotopic (exact) mass is 284 g/mol. The van der Waals surface area contributed by atoms with Crippen LogP contribution in [-0.2, 0) is 0 Å². The van der Waals surface area contributed by atoms with Crippen LogP contribution in [0.5, 0.6) is 11.6 Å². The predicted molar refractivity (Wildman–Crippen MR) is 61.0 cm³/mol. The zero-order valence-corrected chi connectivity index (χ0v) is 10.1. The highest BCUT2D eigenvalue weighted by molar-refractivity contribution is 6.31. The first-order valence-electron chi connectivity index (χ1n) is 4.53. The lowest BCUT2D eigenvalue weighted by molar-refractivity contribution is 0.423. The maximum atomic E-state index is 13.5. The second-order valence-electron chi connectivity index (χ2n) is 3.04. The van der Waals surface area contributed by atoms with Crippen molar-refractivity contribution in [3.8, 4) is 17.7 Å². The highest BCUT2D eigenvalue weighted by Gasteiger charge is 2.12. The van der Waals surface area contributed by atoms with E-state index in [1.165, 1.54) is 12.1 Å². The molecular formula is C10H3Cl2FN4O. The second-order valence-corrected chi connectivity index (χ2v) is 3.73. The third-order valence-electron chi connectivity index (χ3n) is 1.86. The minimum atomic E-state index is -0.722. The van der Waals surface area contributed by atoms with Gasteiger partial charge in [-0.05, 0) is 29.8 Å². The highest BCUT2D eigenvalue weighted by atomic mass is 35.5. The van der Waals surface area contributed by atoms with Crippen molar-refractivity contribution in [2.45, 2.75) is 0 Å². The largest absolute Gasteiger partial charge is 0.433 e. The summed E-state index contributed by atoms with van der Waals surface area (Å²) in [6.45, 7) is 0. The fraction of sp³-hybridized carbons (Fsp3) is 0. The average molecular weight is 285 g/mol. The fourth-order valence-electron chi connectivity index (χ4n) is 1.10. The van der Waals surface area contributed by atoms with Crippen LogP contribution in [0.15, 0.2) is 18.2 Å². The predicted octanol–water partition coefficient (Wildman–Crippen LogP) is 2.98. The Labute approximate surface area is 111 Å². The van der Waals surface area contributed by atoms with E-state index >= 15 is 0 Å². The van der Waals surface area contributed by atoms with Crippen molar-refractivity contribution in [2.24, 2.45) is 0 Å². The zero-order chi connectivity index (χ0) is 13.1. The number of hydrogen-bond donors (Lipinski definition) is 0. The minimum Gasteiger partial charge on any atom is -0.433 e. The molecule has 90 valence electrons. The molecule has 0 atom stereocenters. The smallest absolute Gasteiger partial charge is 0.262 e. The summed E-state index contributed by atoms with van der Waals surface area (Å²) in [4.78, 5) is 3.66. The maximum Gasteiger partial charge on any atom is 0.262 e. The Morgan fingerprint density at radius 3 is 2.72 bits per heavy atom. The van der Waals surface area contributed by atoms with Gasteiger partial charge in [-0.1, -0.05) is 11.6 Å². The number of nitrogens with zero attached hydrogens (tertiary/aromatic N) is 4. The Morgan fingerprint density at radius 2 is 2.06 bits per heavy atom. The molecule has 0 amide bonds. The van der Waals surface area contributed by atoms with Crippen molar-refractivity contribution in [1.29, 1.82) is 5.26 Å². The average Bonchev–Trinajstić information content (AvgIpc) is 2.36. The Kier molecular flexibility index (Phi) is 3.55. The summed E-state index contributed by atoms with van der Waals surface area (Å²) >= 11 is 11.2. The molecule has 5 nitrogen and oxygen atoms in total. The Hall–Kier alpha value is -1.97. The first-order chi connectivity index (χ1) is 8.60. The molecule has 0 spiro atoms. The Bertz CT molecular complexity index is 644. The van der Waals surface area contributed by atoms with Crippen molar-refractivity contribution in [3.63, 3.8) is 0 Å². The SMILES string of the molecule is N#Cc1ccc(Oc2nc(Cl)nnc2Cl)c(F)c1. The van der Waals surface area contributed by atoms with Crippen LogP contribution in [0.4, 0.5) is 4.39 Å². The molecule has 8 heteroatoms. The van der Waals surface area contributed by atoms with E-state index in [-0.39, 0.29) is 27.6 Å². The molecule has 0 aliphatic heterocycles. The van der Waals surface area contributed by atoms with Crippen molar-refractivity contribution in [2.75, 3.05) is 0 Å². The molecule has 0 bridgehead atoms. The molecule has 1 aromatic heterocycles. The number of ether oxygens (including phenoxy) is 1. The van der Waals surface area contributed by atoms with Gasteiger partial charge < -0.3 is 4.74 Å². The number of nitriles is 1. The quantitative estimate of drug-likeness (QED) is 0.848. The van der Waals surface area contributed by atoms with Gasteiger partial charge in [-0.2, -0.15) is 10.2 Å². The van der Waals surface area contributed by atoms with E-state index < -0.39 is 5.82 Å². The molecule has 0 unspecified atom stereocenters. The summed E-state index contributed by atoms with van der Waals surface area (Å²) in [6, 6.07) is 5.50. The fourth-order valence-corrected chi connectivity index (χ4v) is 1.34. The van der Waals surface area contributed by atoms with Gasteiger partial charge in [0.25, 0.3) is 5.88 Å². The lowest BCUT2D eigenvalue weighted by Gasteiger charge is -2.06. The van der Waals surface area contributed by atoms with Crippen LogP contribution in [0.1, 0.15) is 5.56 Å². The van der Waals surface area contributed by atoms with Crippen LogP contribution < -0.4 is 4.74 Å². The van der Waals surface area contributed by atoms with Gasteiger partial charge in [0.2, 0.25) is 10.4 Å². The van der Waals surface area contributed by atoms with Gasteiger partial charge in [-0.15, -0.1) is 10.2 Å². The van der Waals surface area contributed by atoms with E-state index in [1.807, 2.05) is 0 Å². The van der Waals surface area contributed by atoms with Crippen molar-refractivity contribution in [1.82, 2.24) is 15.2 Å². The number of halogens is 3. The molecule has 0 saturated heterocycles. The van der Waals surface area contributed by atoms with Gasteiger partial charge in [0, 0.05) is 0 Å². The van der Waals surface area contributed by atoms with Crippen molar-refractivity contribution < 1.29 is 9.13 Å². The molecule has 18 heavy (non-hydrogen) atoms. The minimum absolute atomic E-state index is 0.146. The number of benzene rings is 1. The van der Waals surface area contributed by atoms with Gasteiger partial charge >= 0.3 is 0 Å². The molecule has 0 aliphatic rings. The Morgan fingerprint density at radius 1 is 1.28 bits per heavy atom. The third kappa shape index (κ3) is 2.64. The number of rotatable bonds is 2. The Balaban J connectivity index is 2.34. The van der Waals surface area contributed by atoms with Crippen molar-refractivity contribution >= 4 is 23.2 Å². The molecule has 2 rings (SSSR count). The lowest BCUT2D eigenvalue weighted by atomic mass is 10.2. The van der Waals surface area contributed by atoms with E-state index in [1.54, 1.807) is 6.07 Å². The molecule has 1 heterocycles. The van der Waals surface area contributed by atoms with Crippen LogP contribution in [-0.4, -0.2) is 15.2 Å². The van der Waals surface area contributed by atoms with Crippen LogP contribution >= 0.6 is 23.2 Å². The maximum absolute atomic E-state index is 13.5. The zero-order valence-electron chi connectivity index (χ0n) is 8.56. The molecule has 0 aliphatic carbocycles. The van der Waals surface area contributed by atoms with E-state index in [9.17, 15) is 4.39 Å². The summed E-state index contributed by atoms with van der Waals surface area (Å²) in [7, 11) is 0. The summed E-state index contributed by atoms with van der Waals surface area (Å²) in [5.74, 6) is -1.03. The molecule has 2 aromatic rings. The van der Waals surface area contributed by atoms with E-state index in [2.05, 4.69) is 15.2 Å². The standard InChI is InChI=1S/C10H3Cl2FN4O/c11-8-9(15-10(12)17-16-8)18-7-2-1-5(4-14)3-6(7)13/h1-3H. The highest BCUT2D eigenvalue weighted by Crippen LogP contribution is 2.28. The normalized spacial score (nSPS) is 9.89. The lowest BCUT2D eigenvalue weighted by Crippen LogP contribution is -1.96. The number of hydrogen-bond acceptors (Lipinski definition) is 5. The molecule has 0 saturated carbocycles. The van der Waals surface area contributed by atoms with Crippen LogP contribution in [0.3, 0.4) is 0 Å². The molecule has 0 fully saturated rings. The summed E-state index contributed by atoms with van der Waals surface area (Å²) in [5, 5.41) is 15.1. The molecule has 0 N–H and O–H groups in total. The van der Waals surface area contributed by atoms with Crippen LogP contribution in [0.2, 0.25) is 10.4 Å². The van der Waals surface area contributed by atoms with E-state index in [0.29, 0.717) is 0 Å². The third-order valence-corrected chi connectivity index (χ3v) is 2.26. The number of aromatic nitrogens is 3. The first-order valence-corrected chi connectivity index (χ1v) is 5.29. The molecule has 0 radical (unpaired) electrons. The van der Waals surface area contributed by atoms with Crippen molar-refractivity contribution in [3.05, 3.63) is 40.0 Å². The van der Waals surface area contributed by atoms with Crippen LogP contribution in [0.25, 0.3) is 0 Å². The summed E-state index contributed by atoms with van der Waals surface area (Å²) in [5.41, 5.74) is 0.171. The first kappa shape index (κ1) is 12.5. The summed E-state index contributed by atoms with van der Waals surface area (Å²) < 4.78 is 18.6. The van der Waals surface area contributed by atoms with Gasteiger partial charge in [-0.3, -0.25) is 0 Å². The summed E-state index contributed by atoms with van der Waals surface area (Å²) in [6.07, 6.45) is 0. The van der Waals surface area contributed by atoms with E-state index in [4.69, 9.17) is 33.2 Å². The molecular weight excluding hydrogens is 282 g/mol.